The van der Waals surface area contributed by atoms with E-state index in [9.17, 15) is 0 Å². The van der Waals surface area contributed by atoms with E-state index in [4.69, 9.17) is 11.1 Å². The minimum Gasteiger partial charge on any atom is -0.384 e. The number of rotatable bonds is 1. The molecule has 3 heteroatoms. The summed E-state index contributed by atoms with van der Waals surface area (Å²) >= 11 is 0. The monoisotopic (exact) mass is 265 g/mol. The van der Waals surface area contributed by atoms with Gasteiger partial charge in [0.1, 0.15) is 5.84 Å². The second kappa shape index (κ2) is 4.32. The first kappa shape index (κ1) is 11.9. The van der Waals surface area contributed by atoms with Gasteiger partial charge in [0.15, 0.2) is 0 Å². The Morgan fingerprint density at radius 3 is 3.00 bits per heavy atom. The standard InChI is InChI=1S/C17H19N3/c18-17(19)11-5-6-15-14(8-11)16-12(9-20-15)7-10-3-1-2-4-13(10)16/h1-6,8,12,14-16,20H,7,9H2,(H3,18,19). The Kier molecular flexibility index (Phi) is 2.57. The van der Waals surface area contributed by atoms with Crippen LogP contribution in [0.3, 0.4) is 0 Å². The van der Waals surface area contributed by atoms with Gasteiger partial charge < -0.3 is 11.1 Å². The maximum Gasteiger partial charge on any atom is 0.122 e. The number of piperidine rings is 1. The van der Waals surface area contributed by atoms with Gasteiger partial charge >= 0.3 is 0 Å². The molecule has 4 unspecified atom stereocenters. The molecule has 0 spiro atoms. The Morgan fingerprint density at radius 1 is 1.30 bits per heavy atom. The van der Waals surface area contributed by atoms with Crippen molar-refractivity contribution in [3.8, 4) is 0 Å². The molecule has 0 radical (unpaired) electrons. The summed E-state index contributed by atoms with van der Waals surface area (Å²) in [7, 11) is 0. The lowest BCUT2D eigenvalue weighted by Gasteiger charge is -2.40. The van der Waals surface area contributed by atoms with Gasteiger partial charge in [0.25, 0.3) is 0 Å². The third kappa shape index (κ3) is 1.66. The Balaban J connectivity index is 1.77. The first-order chi connectivity index (χ1) is 9.74. The predicted octanol–water partition coefficient (Wildman–Crippen LogP) is 1.96. The molecular formula is C17H19N3. The summed E-state index contributed by atoms with van der Waals surface area (Å²) in [5.41, 5.74) is 9.54. The van der Waals surface area contributed by atoms with Crippen molar-refractivity contribution in [3.05, 3.63) is 59.2 Å². The molecule has 0 aromatic heterocycles. The van der Waals surface area contributed by atoms with Crippen LogP contribution in [-0.4, -0.2) is 18.4 Å². The maximum absolute atomic E-state index is 7.67. The summed E-state index contributed by atoms with van der Waals surface area (Å²) in [6.45, 7) is 1.08. The number of hydrogen-bond donors (Lipinski definition) is 3. The van der Waals surface area contributed by atoms with Crippen LogP contribution in [0.5, 0.6) is 0 Å². The zero-order valence-electron chi connectivity index (χ0n) is 11.3. The van der Waals surface area contributed by atoms with Crippen molar-refractivity contribution in [2.45, 2.75) is 18.4 Å². The zero-order valence-corrected chi connectivity index (χ0v) is 11.3. The molecule has 4 N–H and O–H groups in total. The van der Waals surface area contributed by atoms with E-state index in [2.05, 4.69) is 41.7 Å². The predicted molar refractivity (Wildman–Crippen MR) is 80.8 cm³/mol. The summed E-state index contributed by atoms with van der Waals surface area (Å²) in [4.78, 5) is 0. The van der Waals surface area contributed by atoms with Crippen molar-refractivity contribution in [1.29, 1.82) is 5.41 Å². The second-order valence-corrected chi connectivity index (χ2v) is 6.09. The van der Waals surface area contributed by atoms with E-state index < -0.39 is 0 Å². The molecule has 2 aliphatic carbocycles. The van der Waals surface area contributed by atoms with Gasteiger partial charge in [0.2, 0.25) is 0 Å². The van der Waals surface area contributed by atoms with E-state index in [0.717, 1.165) is 12.1 Å². The van der Waals surface area contributed by atoms with Crippen LogP contribution in [0.15, 0.2) is 48.1 Å². The lowest BCUT2D eigenvalue weighted by molar-refractivity contribution is 0.252. The highest BCUT2D eigenvalue weighted by atomic mass is 14.9. The summed E-state index contributed by atoms with van der Waals surface area (Å²) in [6, 6.07) is 9.20. The van der Waals surface area contributed by atoms with Crippen LogP contribution in [0.2, 0.25) is 0 Å². The van der Waals surface area contributed by atoms with Crippen LogP contribution >= 0.6 is 0 Å². The fraction of sp³-hybridized carbons (Fsp3) is 0.353. The Hall–Kier alpha value is -1.87. The van der Waals surface area contributed by atoms with Crippen molar-refractivity contribution in [2.75, 3.05) is 6.54 Å². The molecule has 3 nitrogen and oxygen atoms in total. The highest BCUT2D eigenvalue weighted by molar-refractivity contribution is 5.97. The van der Waals surface area contributed by atoms with Crippen LogP contribution < -0.4 is 11.1 Å². The van der Waals surface area contributed by atoms with E-state index in [1.54, 1.807) is 0 Å². The fourth-order valence-electron chi connectivity index (χ4n) is 4.13. The highest BCUT2D eigenvalue weighted by Crippen LogP contribution is 2.47. The molecule has 1 aromatic rings. The summed E-state index contributed by atoms with van der Waals surface area (Å²) < 4.78 is 0. The smallest absolute Gasteiger partial charge is 0.122 e. The van der Waals surface area contributed by atoms with Gasteiger partial charge in [-0.3, -0.25) is 5.41 Å². The largest absolute Gasteiger partial charge is 0.384 e. The topological polar surface area (TPSA) is 61.9 Å². The van der Waals surface area contributed by atoms with Crippen LogP contribution in [0, 0.1) is 17.2 Å². The van der Waals surface area contributed by atoms with Crippen molar-refractivity contribution < 1.29 is 0 Å². The Morgan fingerprint density at radius 2 is 2.15 bits per heavy atom. The summed E-state index contributed by atoms with van der Waals surface area (Å²) in [6.07, 6.45) is 7.54. The lowest BCUT2D eigenvalue weighted by Crippen LogP contribution is -2.48. The lowest BCUT2D eigenvalue weighted by atomic mass is 9.72. The quantitative estimate of drug-likeness (QED) is 0.537. The number of amidine groups is 1. The number of nitrogens with one attached hydrogen (secondary N) is 2. The summed E-state index contributed by atoms with van der Waals surface area (Å²) in [5, 5.41) is 11.3. The van der Waals surface area contributed by atoms with E-state index in [1.165, 1.54) is 17.5 Å². The van der Waals surface area contributed by atoms with Gasteiger partial charge in [0.05, 0.1) is 0 Å². The number of benzene rings is 1. The van der Waals surface area contributed by atoms with Crippen molar-refractivity contribution in [3.63, 3.8) is 0 Å². The highest BCUT2D eigenvalue weighted by Gasteiger charge is 2.43. The third-order valence-corrected chi connectivity index (χ3v) is 5.02. The third-order valence-electron chi connectivity index (χ3n) is 5.02. The first-order valence-electron chi connectivity index (χ1n) is 7.29. The number of hydrogen-bond acceptors (Lipinski definition) is 2. The Labute approximate surface area is 119 Å². The van der Waals surface area contributed by atoms with E-state index >= 15 is 0 Å². The van der Waals surface area contributed by atoms with Gasteiger partial charge in [-0.15, -0.1) is 0 Å². The van der Waals surface area contributed by atoms with E-state index in [1.807, 2.05) is 6.08 Å². The molecule has 1 aliphatic heterocycles. The summed E-state index contributed by atoms with van der Waals surface area (Å²) in [5.74, 6) is 1.83. The van der Waals surface area contributed by atoms with E-state index in [-0.39, 0.29) is 5.84 Å². The molecule has 1 saturated heterocycles. The van der Waals surface area contributed by atoms with Gasteiger partial charge in [-0.25, -0.2) is 0 Å². The maximum atomic E-state index is 7.67. The second-order valence-electron chi connectivity index (χ2n) is 6.09. The van der Waals surface area contributed by atoms with Crippen LogP contribution in [0.4, 0.5) is 0 Å². The fourth-order valence-corrected chi connectivity index (χ4v) is 4.13. The zero-order chi connectivity index (χ0) is 13.7. The molecule has 1 aromatic carbocycles. The van der Waals surface area contributed by atoms with Crippen LogP contribution in [0.1, 0.15) is 17.0 Å². The molecule has 1 fully saturated rings. The molecule has 4 atom stereocenters. The van der Waals surface area contributed by atoms with Gasteiger partial charge in [-0.1, -0.05) is 42.5 Å². The number of fused-ring (bicyclic) bond motifs is 5. The minimum atomic E-state index is 0.174. The molecule has 0 saturated carbocycles. The minimum absolute atomic E-state index is 0.174. The molecule has 0 bridgehead atoms. The molecular weight excluding hydrogens is 246 g/mol. The van der Waals surface area contributed by atoms with Crippen molar-refractivity contribution >= 4 is 5.84 Å². The molecule has 4 rings (SSSR count). The van der Waals surface area contributed by atoms with Gasteiger partial charge in [-0.05, 0) is 35.9 Å². The molecule has 0 amide bonds. The molecule has 3 aliphatic rings. The SMILES string of the molecule is N=C(N)C1=CC2C(C=C1)NCC1Cc3ccccc3C12. The van der Waals surface area contributed by atoms with Crippen LogP contribution in [0.25, 0.3) is 0 Å². The van der Waals surface area contributed by atoms with Crippen LogP contribution in [-0.2, 0) is 6.42 Å². The average molecular weight is 265 g/mol. The Bertz CT molecular complexity index is 629. The van der Waals surface area contributed by atoms with Gasteiger partial charge in [-0.2, -0.15) is 0 Å². The number of nitrogens with two attached hydrogens (primary N) is 1. The van der Waals surface area contributed by atoms with Gasteiger partial charge in [0, 0.05) is 17.5 Å². The molecule has 102 valence electrons. The normalized spacial score (nSPS) is 33.9. The molecule has 1 heterocycles. The molecule has 20 heavy (non-hydrogen) atoms. The average Bonchev–Trinajstić information content (AvgIpc) is 2.85. The van der Waals surface area contributed by atoms with E-state index in [0.29, 0.717) is 23.8 Å². The van der Waals surface area contributed by atoms with Crippen molar-refractivity contribution in [2.24, 2.45) is 17.6 Å². The first-order valence-corrected chi connectivity index (χ1v) is 7.29. The van der Waals surface area contributed by atoms with Crippen molar-refractivity contribution in [1.82, 2.24) is 5.32 Å².